The maximum Gasteiger partial charge on any atom is 0.251 e. The third kappa shape index (κ3) is 6.21. The average Bonchev–Trinajstić information content (AvgIpc) is 3.12. The molecule has 1 aromatic carbocycles. The number of amides is 1. The molecular weight excluding hydrogens is 396 g/mol. The van der Waals surface area contributed by atoms with E-state index in [9.17, 15) is 4.79 Å². The van der Waals surface area contributed by atoms with Crippen molar-refractivity contribution < 1.29 is 18.8 Å². The molecule has 1 aromatic heterocycles. The van der Waals surface area contributed by atoms with Gasteiger partial charge in [0.05, 0.1) is 18.4 Å². The quantitative estimate of drug-likeness (QED) is 0.581. The van der Waals surface area contributed by atoms with Gasteiger partial charge >= 0.3 is 0 Å². The van der Waals surface area contributed by atoms with Crippen molar-refractivity contribution in [3.63, 3.8) is 0 Å². The van der Waals surface area contributed by atoms with E-state index in [1.807, 2.05) is 13.8 Å². The number of likely N-dealkylation sites (N-methyl/N-ethyl adjacent to an activating group) is 1. The molecule has 0 spiro atoms. The molecule has 1 N–H and O–H groups in total. The Bertz CT molecular complexity index is 840. The fraction of sp³-hybridized carbons (Fsp3) is 0.565. The summed E-state index contributed by atoms with van der Waals surface area (Å²) >= 11 is 0. The summed E-state index contributed by atoms with van der Waals surface area (Å²) in [6, 6.07) is 5.23. The number of benzene rings is 1. The van der Waals surface area contributed by atoms with Crippen LogP contribution >= 0.6 is 0 Å². The van der Waals surface area contributed by atoms with Crippen LogP contribution < -0.4 is 14.8 Å². The highest BCUT2D eigenvalue weighted by atomic mass is 16.5. The Kier molecular flexibility index (Phi) is 8.31. The lowest BCUT2D eigenvalue weighted by atomic mass is 10.1. The van der Waals surface area contributed by atoms with E-state index in [-0.39, 0.29) is 5.91 Å². The van der Waals surface area contributed by atoms with Gasteiger partial charge in [-0.1, -0.05) is 12.1 Å². The van der Waals surface area contributed by atoms with Crippen LogP contribution in [0.4, 0.5) is 0 Å². The average molecular weight is 431 g/mol. The number of hydrogen-bond donors (Lipinski definition) is 1. The molecule has 0 saturated carbocycles. The van der Waals surface area contributed by atoms with Crippen LogP contribution in [0.15, 0.2) is 22.7 Å². The zero-order valence-corrected chi connectivity index (χ0v) is 19.1. The molecule has 1 aliphatic heterocycles. The molecule has 1 saturated heterocycles. The number of rotatable bonds is 10. The zero-order chi connectivity index (χ0) is 22.2. The van der Waals surface area contributed by atoms with Gasteiger partial charge in [0.25, 0.3) is 5.91 Å². The third-order valence-corrected chi connectivity index (χ3v) is 5.83. The van der Waals surface area contributed by atoms with E-state index in [0.29, 0.717) is 30.2 Å². The molecule has 31 heavy (non-hydrogen) atoms. The van der Waals surface area contributed by atoms with Crippen LogP contribution in [0.5, 0.6) is 11.5 Å². The van der Waals surface area contributed by atoms with Gasteiger partial charge in [0.2, 0.25) is 0 Å². The van der Waals surface area contributed by atoms with Gasteiger partial charge in [-0.25, -0.2) is 0 Å². The molecule has 0 bridgehead atoms. The van der Waals surface area contributed by atoms with Gasteiger partial charge in [-0.05, 0) is 51.6 Å². The molecule has 3 rings (SSSR count). The summed E-state index contributed by atoms with van der Waals surface area (Å²) in [5, 5.41) is 6.94. The van der Waals surface area contributed by atoms with Gasteiger partial charge in [-0.15, -0.1) is 0 Å². The van der Waals surface area contributed by atoms with Crippen molar-refractivity contribution in [2.45, 2.75) is 33.8 Å². The Hall–Kier alpha value is -2.58. The summed E-state index contributed by atoms with van der Waals surface area (Å²) in [6.45, 7) is 13.5. The molecule has 2 heterocycles. The number of nitrogens with one attached hydrogen (secondary N) is 1. The molecule has 170 valence electrons. The summed E-state index contributed by atoms with van der Waals surface area (Å²) in [7, 11) is 1.57. The Morgan fingerprint density at radius 1 is 1.16 bits per heavy atom. The molecule has 0 atom stereocenters. The number of hydrogen-bond acceptors (Lipinski definition) is 7. The number of carbonyl (C=O) groups excluding carboxylic acids is 1. The van der Waals surface area contributed by atoms with Gasteiger partial charge in [-0.3, -0.25) is 4.79 Å². The van der Waals surface area contributed by atoms with Crippen molar-refractivity contribution in [2.24, 2.45) is 0 Å². The summed E-state index contributed by atoms with van der Waals surface area (Å²) in [4.78, 5) is 17.5. The number of nitrogens with zero attached hydrogens (tertiary/aromatic N) is 3. The first-order chi connectivity index (χ1) is 15.0. The highest BCUT2D eigenvalue weighted by Gasteiger charge is 2.16. The number of methoxy groups -OCH3 is 1. The molecule has 2 aromatic rings. The monoisotopic (exact) mass is 430 g/mol. The van der Waals surface area contributed by atoms with E-state index >= 15 is 0 Å². The van der Waals surface area contributed by atoms with Crippen molar-refractivity contribution >= 4 is 5.91 Å². The van der Waals surface area contributed by atoms with Gasteiger partial charge in [-0.2, -0.15) is 0 Å². The Balaban J connectivity index is 1.46. The summed E-state index contributed by atoms with van der Waals surface area (Å²) in [6.07, 6.45) is 0.938. The van der Waals surface area contributed by atoms with Crippen LogP contribution in [-0.4, -0.2) is 73.8 Å². The number of aryl methyl sites for hydroxylation is 2. The molecule has 0 radical (unpaired) electrons. The SMILES string of the molecule is CCN1CCN(CCCNC(=O)c2ccc(OCc3c(C)noc3C)c(OC)c2)CC1. The lowest BCUT2D eigenvalue weighted by Crippen LogP contribution is -2.46. The van der Waals surface area contributed by atoms with E-state index in [2.05, 4.69) is 27.2 Å². The smallest absolute Gasteiger partial charge is 0.251 e. The fourth-order valence-corrected chi connectivity index (χ4v) is 3.72. The molecule has 0 unspecified atom stereocenters. The van der Waals surface area contributed by atoms with Crippen LogP contribution in [0, 0.1) is 13.8 Å². The maximum absolute atomic E-state index is 12.5. The minimum Gasteiger partial charge on any atom is -0.493 e. The van der Waals surface area contributed by atoms with Crippen LogP contribution in [0.3, 0.4) is 0 Å². The van der Waals surface area contributed by atoms with E-state index in [0.717, 1.165) is 62.7 Å². The van der Waals surface area contributed by atoms with Gasteiger partial charge in [0, 0.05) is 38.3 Å². The molecular formula is C23H34N4O4. The second-order valence-electron chi connectivity index (χ2n) is 7.84. The van der Waals surface area contributed by atoms with E-state index in [4.69, 9.17) is 14.0 Å². The Morgan fingerprint density at radius 3 is 2.55 bits per heavy atom. The number of carbonyl (C=O) groups is 1. The topological polar surface area (TPSA) is 80.1 Å². The minimum atomic E-state index is -0.105. The first kappa shape index (κ1) is 23.1. The lowest BCUT2D eigenvalue weighted by molar-refractivity contribution is 0.0948. The van der Waals surface area contributed by atoms with Gasteiger partial charge in [0.1, 0.15) is 12.4 Å². The van der Waals surface area contributed by atoms with Crippen molar-refractivity contribution in [2.75, 3.05) is 52.9 Å². The highest BCUT2D eigenvalue weighted by molar-refractivity contribution is 5.94. The number of piperazine rings is 1. The predicted molar refractivity (Wildman–Crippen MR) is 119 cm³/mol. The van der Waals surface area contributed by atoms with E-state index < -0.39 is 0 Å². The van der Waals surface area contributed by atoms with Gasteiger partial charge in [0.15, 0.2) is 11.5 Å². The predicted octanol–water partition coefficient (Wildman–Crippen LogP) is 2.64. The van der Waals surface area contributed by atoms with Gasteiger partial charge < -0.3 is 29.1 Å². The molecule has 8 heteroatoms. The van der Waals surface area contributed by atoms with Crippen molar-refractivity contribution in [3.8, 4) is 11.5 Å². The van der Waals surface area contributed by atoms with Crippen LogP contribution in [0.25, 0.3) is 0 Å². The van der Waals surface area contributed by atoms with Crippen LogP contribution in [-0.2, 0) is 6.61 Å². The van der Waals surface area contributed by atoms with Crippen LogP contribution in [0.1, 0.15) is 40.7 Å². The minimum absolute atomic E-state index is 0.105. The normalized spacial score (nSPS) is 15.1. The molecule has 8 nitrogen and oxygen atoms in total. The molecule has 1 fully saturated rings. The summed E-state index contributed by atoms with van der Waals surface area (Å²) < 4.78 is 16.5. The van der Waals surface area contributed by atoms with Crippen molar-refractivity contribution in [1.29, 1.82) is 0 Å². The summed E-state index contributed by atoms with van der Waals surface area (Å²) in [5.74, 6) is 1.73. The third-order valence-electron chi connectivity index (χ3n) is 5.83. The van der Waals surface area contributed by atoms with E-state index in [1.54, 1.807) is 25.3 Å². The number of aromatic nitrogens is 1. The Labute approximate surface area is 184 Å². The molecule has 1 aliphatic rings. The van der Waals surface area contributed by atoms with Crippen molar-refractivity contribution in [1.82, 2.24) is 20.3 Å². The first-order valence-electron chi connectivity index (χ1n) is 11.0. The maximum atomic E-state index is 12.5. The molecule has 1 amide bonds. The second kappa shape index (κ2) is 11.2. The van der Waals surface area contributed by atoms with Crippen LogP contribution in [0.2, 0.25) is 0 Å². The first-order valence-corrected chi connectivity index (χ1v) is 11.0. The fourth-order valence-electron chi connectivity index (χ4n) is 3.72. The number of ether oxygens (including phenoxy) is 2. The van der Waals surface area contributed by atoms with E-state index in [1.165, 1.54) is 0 Å². The molecule has 0 aliphatic carbocycles. The largest absolute Gasteiger partial charge is 0.493 e. The Morgan fingerprint density at radius 2 is 1.90 bits per heavy atom. The second-order valence-corrected chi connectivity index (χ2v) is 7.84. The highest BCUT2D eigenvalue weighted by Crippen LogP contribution is 2.29. The lowest BCUT2D eigenvalue weighted by Gasteiger charge is -2.33. The van der Waals surface area contributed by atoms with Crippen molar-refractivity contribution in [3.05, 3.63) is 40.8 Å². The summed E-state index contributed by atoms with van der Waals surface area (Å²) in [5.41, 5.74) is 2.28. The standard InChI is InChI=1S/C23H34N4O4/c1-5-26-11-13-27(14-12-26)10-6-9-24-23(28)19-7-8-21(22(15-19)29-4)30-16-20-17(2)25-31-18(20)3/h7-8,15H,5-6,9-14,16H2,1-4H3,(H,24,28). The zero-order valence-electron chi connectivity index (χ0n) is 19.1.